The Hall–Kier alpha value is -2.75. The van der Waals surface area contributed by atoms with E-state index in [2.05, 4.69) is 72.5 Å². The van der Waals surface area contributed by atoms with Gasteiger partial charge >= 0.3 is 0 Å². The molecule has 1 N–H and O–H groups in total. The first-order valence-corrected chi connectivity index (χ1v) is 11.5. The van der Waals surface area contributed by atoms with E-state index in [1.165, 1.54) is 16.8 Å². The van der Waals surface area contributed by atoms with Gasteiger partial charge in [0.1, 0.15) is 0 Å². The maximum Gasteiger partial charge on any atom is 0.256 e. The third-order valence-corrected chi connectivity index (χ3v) is 6.90. The van der Waals surface area contributed by atoms with Crippen molar-refractivity contribution in [1.82, 2.24) is 14.8 Å². The summed E-state index contributed by atoms with van der Waals surface area (Å²) in [5.41, 5.74) is 8.02. The van der Waals surface area contributed by atoms with E-state index in [9.17, 15) is 4.79 Å². The Labute approximate surface area is 186 Å². The fourth-order valence-electron chi connectivity index (χ4n) is 5.02. The van der Waals surface area contributed by atoms with Crippen LogP contribution < -0.4 is 5.32 Å². The molecule has 1 fully saturated rings. The quantitative estimate of drug-likeness (QED) is 0.658. The zero-order valence-corrected chi connectivity index (χ0v) is 19.4. The first kappa shape index (κ1) is 21.5. The van der Waals surface area contributed by atoms with Crippen LogP contribution in [0.5, 0.6) is 0 Å². The predicted octanol–water partition coefficient (Wildman–Crippen LogP) is 5.36. The standard InChI is InChI=1S/C27H35N3O/c1-18(2)24-16-23(13-14-26(24)28-5)30(22-11-12-22)27(31)25-15-19(3)29(20(25)4)17-21-9-7-6-8-10-21/h6-10,15,22-23,28H,1,11-14,16-17H2,2-5H3. The molecule has 1 aromatic carbocycles. The first-order chi connectivity index (χ1) is 14.9. The first-order valence-electron chi connectivity index (χ1n) is 11.5. The lowest BCUT2D eigenvalue weighted by atomic mass is 9.87. The normalized spacial score (nSPS) is 18.8. The van der Waals surface area contributed by atoms with E-state index in [1.807, 2.05) is 13.1 Å². The van der Waals surface area contributed by atoms with Gasteiger partial charge < -0.3 is 14.8 Å². The Kier molecular flexibility index (Phi) is 6.08. The Morgan fingerprint density at radius 2 is 1.87 bits per heavy atom. The minimum absolute atomic E-state index is 0.203. The SMILES string of the molecule is C=C(C)C1=C(NC)CCC(N(C(=O)c2cc(C)n(Cc3ccccc3)c2C)C2CC2)C1. The van der Waals surface area contributed by atoms with E-state index < -0.39 is 0 Å². The van der Waals surface area contributed by atoms with Gasteiger partial charge in [0.25, 0.3) is 5.91 Å². The number of benzene rings is 1. The maximum absolute atomic E-state index is 13.9. The van der Waals surface area contributed by atoms with Crippen molar-refractivity contribution in [2.24, 2.45) is 0 Å². The summed E-state index contributed by atoms with van der Waals surface area (Å²) in [4.78, 5) is 16.1. The lowest BCUT2D eigenvalue weighted by Gasteiger charge is -2.37. The number of hydrogen-bond acceptors (Lipinski definition) is 2. The van der Waals surface area contributed by atoms with Gasteiger partial charge in [-0.15, -0.1) is 0 Å². The second-order valence-corrected chi connectivity index (χ2v) is 9.18. The molecule has 0 spiro atoms. The number of rotatable bonds is 7. The number of allylic oxidation sites excluding steroid dienone is 2. The van der Waals surface area contributed by atoms with Crippen molar-refractivity contribution in [1.29, 1.82) is 0 Å². The van der Waals surface area contributed by atoms with Crippen LogP contribution in [0.4, 0.5) is 0 Å². The predicted molar refractivity (Wildman–Crippen MR) is 127 cm³/mol. The van der Waals surface area contributed by atoms with Gasteiger partial charge in [-0.05, 0) is 70.1 Å². The molecule has 1 saturated carbocycles. The Morgan fingerprint density at radius 3 is 2.48 bits per heavy atom. The molecular formula is C27H35N3O. The zero-order valence-electron chi connectivity index (χ0n) is 19.4. The number of carbonyl (C=O) groups is 1. The van der Waals surface area contributed by atoms with Crippen LogP contribution in [0.1, 0.15) is 66.3 Å². The fourth-order valence-corrected chi connectivity index (χ4v) is 5.02. The van der Waals surface area contributed by atoms with Crippen molar-refractivity contribution in [3.05, 3.63) is 82.3 Å². The summed E-state index contributed by atoms with van der Waals surface area (Å²) < 4.78 is 2.27. The van der Waals surface area contributed by atoms with Gasteiger partial charge in [0.2, 0.25) is 0 Å². The molecule has 0 radical (unpaired) electrons. The number of hydrogen-bond donors (Lipinski definition) is 1. The van der Waals surface area contributed by atoms with Crippen molar-refractivity contribution >= 4 is 5.91 Å². The van der Waals surface area contributed by atoms with Gasteiger partial charge in [0, 0.05) is 42.8 Å². The second-order valence-electron chi connectivity index (χ2n) is 9.18. The lowest BCUT2D eigenvalue weighted by Crippen LogP contribution is -2.44. The molecule has 1 unspecified atom stereocenters. The van der Waals surface area contributed by atoms with E-state index in [0.29, 0.717) is 6.04 Å². The third-order valence-electron chi connectivity index (χ3n) is 6.90. The lowest BCUT2D eigenvalue weighted by molar-refractivity contribution is 0.0642. The molecule has 1 atom stereocenters. The second kappa shape index (κ2) is 8.78. The minimum Gasteiger partial charge on any atom is -0.391 e. The van der Waals surface area contributed by atoms with E-state index in [-0.39, 0.29) is 11.9 Å². The molecule has 2 aliphatic rings. The maximum atomic E-state index is 13.9. The monoisotopic (exact) mass is 417 g/mol. The number of nitrogens with one attached hydrogen (secondary N) is 1. The van der Waals surface area contributed by atoms with E-state index in [4.69, 9.17) is 0 Å². The van der Waals surface area contributed by atoms with E-state index in [1.54, 1.807) is 0 Å². The molecule has 31 heavy (non-hydrogen) atoms. The van der Waals surface area contributed by atoms with Crippen LogP contribution >= 0.6 is 0 Å². The summed E-state index contributed by atoms with van der Waals surface area (Å²) in [7, 11) is 1.99. The van der Waals surface area contributed by atoms with Gasteiger partial charge in [0.05, 0.1) is 5.56 Å². The summed E-state index contributed by atoms with van der Waals surface area (Å²) in [5, 5.41) is 3.36. The number of amides is 1. The molecule has 2 aromatic rings. The van der Waals surface area contributed by atoms with Crippen LogP contribution in [0.25, 0.3) is 0 Å². The molecule has 0 bridgehead atoms. The molecule has 4 heteroatoms. The zero-order chi connectivity index (χ0) is 22.1. The van der Waals surface area contributed by atoms with Crippen molar-refractivity contribution in [3.8, 4) is 0 Å². The smallest absolute Gasteiger partial charge is 0.256 e. The number of carbonyl (C=O) groups excluding carboxylic acids is 1. The molecule has 1 heterocycles. The molecule has 4 rings (SSSR count). The van der Waals surface area contributed by atoms with E-state index >= 15 is 0 Å². The molecule has 0 saturated heterocycles. The van der Waals surface area contributed by atoms with Crippen molar-refractivity contribution in [2.45, 2.75) is 71.5 Å². The highest BCUT2D eigenvalue weighted by Crippen LogP contribution is 2.38. The highest BCUT2D eigenvalue weighted by molar-refractivity contribution is 5.96. The highest BCUT2D eigenvalue weighted by Gasteiger charge is 2.40. The Bertz CT molecular complexity index is 1010. The summed E-state index contributed by atoms with van der Waals surface area (Å²) in [6.07, 6.45) is 5.13. The molecule has 164 valence electrons. The molecule has 2 aliphatic carbocycles. The van der Waals surface area contributed by atoms with Crippen LogP contribution in [0.3, 0.4) is 0 Å². The molecule has 4 nitrogen and oxygen atoms in total. The van der Waals surface area contributed by atoms with Crippen LogP contribution in [-0.2, 0) is 6.54 Å². The Balaban J connectivity index is 1.61. The van der Waals surface area contributed by atoms with Crippen molar-refractivity contribution in [3.63, 3.8) is 0 Å². The van der Waals surface area contributed by atoms with E-state index in [0.717, 1.165) is 61.2 Å². The summed E-state index contributed by atoms with van der Waals surface area (Å²) in [6, 6.07) is 13.2. The van der Waals surface area contributed by atoms with Crippen LogP contribution in [0.2, 0.25) is 0 Å². The van der Waals surface area contributed by atoms with Crippen LogP contribution in [0.15, 0.2) is 59.8 Å². The van der Waals surface area contributed by atoms with Crippen LogP contribution in [0, 0.1) is 13.8 Å². The number of aromatic nitrogens is 1. The number of nitrogens with zero attached hydrogens (tertiary/aromatic N) is 2. The Morgan fingerprint density at radius 1 is 1.16 bits per heavy atom. The van der Waals surface area contributed by atoms with Crippen molar-refractivity contribution < 1.29 is 4.79 Å². The molecular weight excluding hydrogens is 382 g/mol. The average molecular weight is 418 g/mol. The summed E-state index contributed by atoms with van der Waals surface area (Å²) in [6.45, 7) is 11.3. The van der Waals surface area contributed by atoms with Crippen molar-refractivity contribution in [2.75, 3.05) is 7.05 Å². The average Bonchev–Trinajstić information content (AvgIpc) is 3.56. The third kappa shape index (κ3) is 4.34. The van der Waals surface area contributed by atoms with Crippen LogP contribution in [-0.4, -0.2) is 34.5 Å². The number of aryl methyl sites for hydroxylation is 1. The van der Waals surface area contributed by atoms with Gasteiger partial charge in [-0.3, -0.25) is 4.79 Å². The fraction of sp³-hybridized carbons (Fsp3) is 0.444. The topological polar surface area (TPSA) is 37.3 Å². The minimum atomic E-state index is 0.203. The summed E-state index contributed by atoms with van der Waals surface area (Å²) >= 11 is 0. The molecule has 1 aromatic heterocycles. The van der Waals surface area contributed by atoms with Gasteiger partial charge in [0.15, 0.2) is 0 Å². The van der Waals surface area contributed by atoms with Gasteiger partial charge in [-0.2, -0.15) is 0 Å². The largest absolute Gasteiger partial charge is 0.391 e. The molecule has 0 aliphatic heterocycles. The van der Waals surface area contributed by atoms with Gasteiger partial charge in [-0.25, -0.2) is 0 Å². The molecule has 1 amide bonds. The highest BCUT2D eigenvalue weighted by atomic mass is 16.2. The summed E-state index contributed by atoms with van der Waals surface area (Å²) in [5.74, 6) is 0.203. The van der Waals surface area contributed by atoms with Gasteiger partial charge in [-0.1, -0.05) is 42.5 Å².